The Morgan fingerprint density at radius 2 is 2.29 bits per heavy atom. The molecule has 0 aromatic heterocycles. The van der Waals surface area contributed by atoms with E-state index >= 15 is 0 Å². The minimum Gasteiger partial charge on any atom is -0.496 e. The first-order chi connectivity index (χ1) is 8.24. The molecule has 17 heavy (non-hydrogen) atoms. The second-order valence-electron chi connectivity index (χ2n) is 3.83. The van der Waals surface area contributed by atoms with Gasteiger partial charge in [-0.2, -0.15) is 0 Å². The molecule has 0 spiro atoms. The Kier molecular flexibility index (Phi) is 3.91. The fourth-order valence-corrected chi connectivity index (χ4v) is 2.02. The van der Waals surface area contributed by atoms with E-state index in [-0.39, 0.29) is 11.7 Å². The summed E-state index contributed by atoms with van der Waals surface area (Å²) < 4.78 is 36.6. The molecule has 1 aromatic carbocycles. The minimum absolute atomic E-state index is 0.0157. The second kappa shape index (κ2) is 5.42. The Labute approximate surface area is 98.7 Å². The van der Waals surface area contributed by atoms with Gasteiger partial charge in [-0.25, -0.2) is 8.78 Å². The molecule has 2 rings (SSSR count). The largest absolute Gasteiger partial charge is 0.496 e. The zero-order chi connectivity index (χ0) is 12.3. The van der Waals surface area contributed by atoms with E-state index in [1.807, 2.05) is 0 Å². The summed E-state index contributed by atoms with van der Waals surface area (Å²) in [6.45, 7) is 1.79. The summed E-state index contributed by atoms with van der Waals surface area (Å²) in [7, 11) is 1.48. The van der Waals surface area contributed by atoms with E-state index in [9.17, 15) is 8.78 Å². The lowest BCUT2D eigenvalue weighted by molar-refractivity contribution is 0.0231. The highest BCUT2D eigenvalue weighted by Crippen LogP contribution is 2.36. The first-order valence-corrected chi connectivity index (χ1v) is 5.51. The van der Waals surface area contributed by atoms with Gasteiger partial charge < -0.3 is 14.8 Å². The van der Waals surface area contributed by atoms with E-state index in [2.05, 4.69) is 5.32 Å². The number of rotatable bonds is 3. The molecule has 1 aromatic rings. The van der Waals surface area contributed by atoms with Crippen molar-refractivity contribution in [2.45, 2.75) is 12.5 Å². The molecular weight excluding hydrogens is 228 g/mol. The lowest BCUT2D eigenvalue weighted by Gasteiger charge is -2.27. The summed E-state index contributed by atoms with van der Waals surface area (Å²) in [5.74, 6) is 0.455. The summed E-state index contributed by atoms with van der Waals surface area (Å²) in [6, 6.07) is 4.67. The van der Waals surface area contributed by atoms with Gasteiger partial charge in [-0.15, -0.1) is 0 Å². The van der Waals surface area contributed by atoms with Gasteiger partial charge in [0.25, 0.3) is 6.43 Å². The van der Waals surface area contributed by atoms with Crippen LogP contribution >= 0.6 is 0 Å². The number of hydrogen-bond donors (Lipinski definition) is 1. The highest BCUT2D eigenvalue weighted by atomic mass is 19.3. The summed E-state index contributed by atoms with van der Waals surface area (Å²) in [4.78, 5) is 0. The highest BCUT2D eigenvalue weighted by molar-refractivity contribution is 5.43. The quantitative estimate of drug-likeness (QED) is 0.883. The summed E-state index contributed by atoms with van der Waals surface area (Å²) >= 11 is 0. The molecule has 1 aliphatic heterocycles. The predicted molar refractivity (Wildman–Crippen MR) is 59.5 cm³/mol. The van der Waals surface area contributed by atoms with Crippen LogP contribution < -0.4 is 10.1 Å². The molecule has 0 radical (unpaired) electrons. The van der Waals surface area contributed by atoms with Crippen LogP contribution in [0.3, 0.4) is 0 Å². The Bertz CT molecular complexity index is 379. The molecule has 1 unspecified atom stereocenters. The third-order valence-corrected chi connectivity index (χ3v) is 2.80. The van der Waals surface area contributed by atoms with E-state index in [4.69, 9.17) is 9.47 Å². The van der Waals surface area contributed by atoms with Crippen LogP contribution in [0.2, 0.25) is 0 Å². The lowest BCUT2D eigenvalue weighted by atomic mass is 10.0. The number of halogens is 2. The molecule has 1 atom stereocenters. The monoisotopic (exact) mass is 243 g/mol. The van der Waals surface area contributed by atoms with Gasteiger partial charge in [-0.3, -0.25) is 0 Å². The molecule has 5 heteroatoms. The van der Waals surface area contributed by atoms with Crippen LogP contribution in [0.5, 0.6) is 5.75 Å². The zero-order valence-corrected chi connectivity index (χ0v) is 9.58. The molecule has 1 fully saturated rings. The van der Waals surface area contributed by atoms with E-state index < -0.39 is 6.43 Å². The third-order valence-electron chi connectivity index (χ3n) is 2.80. The average Bonchev–Trinajstić information content (AvgIpc) is 2.38. The molecule has 94 valence electrons. The topological polar surface area (TPSA) is 30.5 Å². The maximum atomic E-state index is 13.0. The van der Waals surface area contributed by atoms with Gasteiger partial charge in [0.05, 0.1) is 19.8 Å². The van der Waals surface area contributed by atoms with Crippen molar-refractivity contribution in [2.75, 3.05) is 26.8 Å². The summed E-state index contributed by atoms with van der Waals surface area (Å²) in [5, 5.41) is 3.13. The standard InChI is InChI=1S/C12H15F2NO2/c1-16-9-4-2-3-8(12(13)14)11(9)10-7-15-5-6-17-10/h2-4,10,12,15H,5-7H2,1H3. The van der Waals surface area contributed by atoms with Crippen molar-refractivity contribution in [1.29, 1.82) is 0 Å². The van der Waals surface area contributed by atoms with Crippen LogP contribution in [0.4, 0.5) is 8.78 Å². The molecule has 1 saturated heterocycles. The summed E-state index contributed by atoms with van der Waals surface area (Å²) in [5.41, 5.74) is 0.440. The van der Waals surface area contributed by atoms with E-state index in [0.717, 1.165) is 6.54 Å². The van der Waals surface area contributed by atoms with Gasteiger partial charge in [0.2, 0.25) is 0 Å². The molecule has 0 bridgehead atoms. The predicted octanol–water partition coefficient (Wildman–Crippen LogP) is 2.29. The maximum Gasteiger partial charge on any atom is 0.264 e. The van der Waals surface area contributed by atoms with Crippen molar-refractivity contribution < 1.29 is 18.3 Å². The van der Waals surface area contributed by atoms with Crippen molar-refractivity contribution in [3.05, 3.63) is 29.3 Å². The molecule has 1 aliphatic rings. The molecule has 0 aliphatic carbocycles. The Morgan fingerprint density at radius 3 is 2.88 bits per heavy atom. The fourth-order valence-electron chi connectivity index (χ4n) is 2.02. The summed E-state index contributed by atoms with van der Waals surface area (Å²) in [6.07, 6.45) is -2.89. The van der Waals surface area contributed by atoms with Crippen molar-refractivity contribution >= 4 is 0 Å². The van der Waals surface area contributed by atoms with E-state index in [1.54, 1.807) is 12.1 Å². The number of nitrogens with one attached hydrogen (secondary N) is 1. The van der Waals surface area contributed by atoms with Crippen molar-refractivity contribution in [1.82, 2.24) is 5.32 Å². The van der Waals surface area contributed by atoms with E-state index in [0.29, 0.717) is 24.5 Å². The lowest BCUT2D eigenvalue weighted by Crippen LogP contribution is -2.34. The first-order valence-electron chi connectivity index (χ1n) is 5.51. The van der Waals surface area contributed by atoms with E-state index in [1.165, 1.54) is 13.2 Å². The second-order valence-corrected chi connectivity index (χ2v) is 3.83. The van der Waals surface area contributed by atoms with Crippen LogP contribution in [-0.4, -0.2) is 26.8 Å². The van der Waals surface area contributed by atoms with Crippen LogP contribution in [0, 0.1) is 0 Å². The number of hydrogen-bond acceptors (Lipinski definition) is 3. The number of methoxy groups -OCH3 is 1. The number of morpholine rings is 1. The van der Waals surface area contributed by atoms with Crippen LogP contribution in [0.1, 0.15) is 23.7 Å². The molecule has 1 heterocycles. The molecule has 0 saturated carbocycles. The van der Waals surface area contributed by atoms with Gasteiger partial charge >= 0.3 is 0 Å². The van der Waals surface area contributed by atoms with Gasteiger partial charge in [0.15, 0.2) is 0 Å². The maximum absolute atomic E-state index is 13.0. The molecule has 3 nitrogen and oxygen atoms in total. The van der Waals surface area contributed by atoms with Crippen molar-refractivity contribution in [3.63, 3.8) is 0 Å². The first kappa shape index (κ1) is 12.3. The van der Waals surface area contributed by atoms with Gasteiger partial charge in [-0.1, -0.05) is 12.1 Å². The minimum atomic E-state index is -2.52. The van der Waals surface area contributed by atoms with Crippen molar-refractivity contribution in [2.24, 2.45) is 0 Å². The van der Waals surface area contributed by atoms with Gasteiger partial charge in [0.1, 0.15) is 5.75 Å². The normalized spacial score (nSPS) is 20.6. The Balaban J connectivity index is 2.40. The van der Waals surface area contributed by atoms with Crippen LogP contribution in [-0.2, 0) is 4.74 Å². The zero-order valence-electron chi connectivity index (χ0n) is 9.58. The number of benzene rings is 1. The number of alkyl halides is 2. The van der Waals surface area contributed by atoms with Gasteiger partial charge in [-0.05, 0) is 6.07 Å². The Morgan fingerprint density at radius 1 is 1.47 bits per heavy atom. The SMILES string of the molecule is COc1cccc(C(F)F)c1C1CNCCO1. The van der Waals surface area contributed by atoms with Crippen LogP contribution in [0.25, 0.3) is 0 Å². The number of ether oxygens (including phenoxy) is 2. The fraction of sp³-hybridized carbons (Fsp3) is 0.500. The van der Waals surface area contributed by atoms with Crippen molar-refractivity contribution in [3.8, 4) is 5.75 Å². The third kappa shape index (κ3) is 2.56. The molecule has 0 amide bonds. The van der Waals surface area contributed by atoms with Crippen LogP contribution in [0.15, 0.2) is 18.2 Å². The Hall–Kier alpha value is -1.20. The molecular formula is C12H15F2NO2. The average molecular weight is 243 g/mol. The smallest absolute Gasteiger partial charge is 0.264 e. The van der Waals surface area contributed by atoms with Gasteiger partial charge in [0, 0.05) is 24.2 Å². The highest BCUT2D eigenvalue weighted by Gasteiger charge is 2.26. The molecule has 1 N–H and O–H groups in total.